The minimum absolute atomic E-state index is 0.0312. The van der Waals surface area contributed by atoms with E-state index in [0.29, 0.717) is 24.3 Å². The Labute approximate surface area is 182 Å². The van der Waals surface area contributed by atoms with Crippen molar-refractivity contribution in [3.8, 4) is 0 Å². The SMILES string of the molecule is CC(C)C[C@H]1C(=O)N[C@@H](C2CCCCC2)CN1C(=O)[C@@H]1C[C@H]1c1ccc(Br)cc1. The fraction of sp³-hybridized carbons (Fsp3) is 0.667. The number of carbonyl (C=O) groups is 2. The fourth-order valence-corrected chi connectivity index (χ4v) is 5.56. The molecule has 1 saturated heterocycles. The minimum atomic E-state index is -0.312. The molecule has 2 amide bonds. The van der Waals surface area contributed by atoms with Crippen molar-refractivity contribution in [2.24, 2.45) is 17.8 Å². The topological polar surface area (TPSA) is 49.4 Å². The molecule has 4 atom stereocenters. The molecule has 1 aromatic rings. The summed E-state index contributed by atoms with van der Waals surface area (Å²) in [5, 5.41) is 3.30. The summed E-state index contributed by atoms with van der Waals surface area (Å²) >= 11 is 3.48. The third kappa shape index (κ3) is 4.70. The highest BCUT2D eigenvalue weighted by Crippen LogP contribution is 2.49. The van der Waals surface area contributed by atoms with Gasteiger partial charge in [-0.15, -0.1) is 0 Å². The molecule has 0 bridgehead atoms. The van der Waals surface area contributed by atoms with Crippen LogP contribution in [0.3, 0.4) is 0 Å². The first-order chi connectivity index (χ1) is 13.9. The molecule has 1 N–H and O–H groups in total. The summed E-state index contributed by atoms with van der Waals surface area (Å²) in [5.41, 5.74) is 1.23. The van der Waals surface area contributed by atoms with Gasteiger partial charge in [-0.1, -0.05) is 61.2 Å². The molecular weight excluding hydrogens is 428 g/mol. The number of benzene rings is 1. The zero-order chi connectivity index (χ0) is 20.5. The van der Waals surface area contributed by atoms with E-state index >= 15 is 0 Å². The van der Waals surface area contributed by atoms with Crippen molar-refractivity contribution < 1.29 is 9.59 Å². The Bertz CT molecular complexity index is 742. The van der Waals surface area contributed by atoms with Gasteiger partial charge in [0.25, 0.3) is 0 Å². The van der Waals surface area contributed by atoms with E-state index in [1.807, 2.05) is 17.0 Å². The van der Waals surface area contributed by atoms with E-state index in [4.69, 9.17) is 0 Å². The highest BCUT2D eigenvalue weighted by atomic mass is 79.9. The quantitative estimate of drug-likeness (QED) is 0.680. The summed E-state index contributed by atoms with van der Waals surface area (Å²) in [7, 11) is 0. The summed E-state index contributed by atoms with van der Waals surface area (Å²) in [6.45, 7) is 4.95. The number of piperazine rings is 1. The summed E-state index contributed by atoms with van der Waals surface area (Å²) in [6, 6.07) is 8.13. The van der Waals surface area contributed by atoms with Crippen LogP contribution in [0.5, 0.6) is 0 Å². The monoisotopic (exact) mass is 460 g/mol. The summed E-state index contributed by atoms with van der Waals surface area (Å²) < 4.78 is 1.06. The Hall–Kier alpha value is -1.36. The Balaban J connectivity index is 1.49. The lowest BCUT2D eigenvalue weighted by Crippen LogP contribution is -2.64. The summed E-state index contributed by atoms with van der Waals surface area (Å²) in [4.78, 5) is 28.5. The summed E-state index contributed by atoms with van der Waals surface area (Å²) in [6.07, 6.45) is 7.78. The van der Waals surface area contributed by atoms with E-state index in [1.165, 1.54) is 37.7 Å². The molecule has 1 aliphatic heterocycles. The highest BCUT2D eigenvalue weighted by Gasteiger charge is 2.49. The Morgan fingerprint density at radius 1 is 1.17 bits per heavy atom. The average Bonchev–Trinajstić information content (AvgIpc) is 3.50. The molecule has 0 aromatic heterocycles. The first-order valence-electron chi connectivity index (χ1n) is 11.3. The van der Waals surface area contributed by atoms with Gasteiger partial charge >= 0.3 is 0 Å². The lowest BCUT2D eigenvalue weighted by Gasteiger charge is -2.43. The maximum atomic E-state index is 13.5. The zero-order valence-electron chi connectivity index (χ0n) is 17.6. The number of hydrogen-bond donors (Lipinski definition) is 1. The molecule has 1 aromatic carbocycles. The number of halogens is 1. The van der Waals surface area contributed by atoms with Crippen LogP contribution in [0.1, 0.15) is 70.3 Å². The summed E-state index contributed by atoms with van der Waals surface area (Å²) in [5.74, 6) is 1.49. The van der Waals surface area contributed by atoms with E-state index in [-0.39, 0.29) is 29.8 Å². The van der Waals surface area contributed by atoms with Gasteiger partial charge in [-0.3, -0.25) is 9.59 Å². The van der Waals surface area contributed by atoms with Crippen molar-refractivity contribution in [3.05, 3.63) is 34.3 Å². The second-order valence-electron chi connectivity index (χ2n) is 9.65. The van der Waals surface area contributed by atoms with E-state index in [2.05, 4.69) is 47.2 Å². The predicted molar refractivity (Wildman–Crippen MR) is 118 cm³/mol. The van der Waals surface area contributed by atoms with Crippen LogP contribution in [0.4, 0.5) is 0 Å². The molecule has 5 heteroatoms. The number of carbonyl (C=O) groups excluding carboxylic acids is 2. The van der Waals surface area contributed by atoms with E-state index in [1.54, 1.807) is 0 Å². The predicted octanol–water partition coefficient (Wildman–Crippen LogP) is 4.87. The molecule has 29 heavy (non-hydrogen) atoms. The van der Waals surface area contributed by atoms with Gasteiger partial charge in [0.2, 0.25) is 11.8 Å². The molecule has 3 fully saturated rings. The van der Waals surface area contributed by atoms with Crippen LogP contribution in [0.25, 0.3) is 0 Å². The van der Waals surface area contributed by atoms with E-state index < -0.39 is 0 Å². The molecule has 3 aliphatic rings. The van der Waals surface area contributed by atoms with Crippen LogP contribution in [-0.2, 0) is 9.59 Å². The van der Waals surface area contributed by atoms with Crippen LogP contribution in [0, 0.1) is 17.8 Å². The molecular formula is C24H33BrN2O2. The van der Waals surface area contributed by atoms with Crippen molar-refractivity contribution in [2.75, 3.05) is 6.54 Å². The van der Waals surface area contributed by atoms with Crippen LogP contribution >= 0.6 is 15.9 Å². The Morgan fingerprint density at radius 3 is 2.52 bits per heavy atom. The minimum Gasteiger partial charge on any atom is -0.350 e. The van der Waals surface area contributed by atoms with Crippen molar-refractivity contribution in [1.82, 2.24) is 10.2 Å². The molecule has 0 radical (unpaired) electrons. The van der Waals surface area contributed by atoms with Gasteiger partial charge in [-0.2, -0.15) is 0 Å². The molecule has 0 unspecified atom stereocenters. The average molecular weight is 461 g/mol. The third-order valence-corrected chi connectivity index (χ3v) is 7.53. The van der Waals surface area contributed by atoms with Crippen LogP contribution in [-0.4, -0.2) is 35.3 Å². The lowest BCUT2D eigenvalue weighted by atomic mass is 9.82. The van der Waals surface area contributed by atoms with Gasteiger partial charge in [-0.25, -0.2) is 0 Å². The number of rotatable bonds is 5. The molecule has 1 heterocycles. The molecule has 158 valence electrons. The van der Waals surface area contributed by atoms with E-state index in [0.717, 1.165) is 17.3 Å². The molecule has 2 saturated carbocycles. The first kappa shape index (κ1) is 20.9. The second kappa shape index (κ2) is 8.79. The zero-order valence-corrected chi connectivity index (χ0v) is 19.2. The normalized spacial score (nSPS) is 30.3. The smallest absolute Gasteiger partial charge is 0.243 e. The largest absolute Gasteiger partial charge is 0.350 e. The molecule has 4 rings (SSSR count). The first-order valence-corrected chi connectivity index (χ1v) is 12.1. The number of hydrogen-bond acceptors (Lipinski definition) is 2. The van der Waals surface area contributed by atoms with Crippen molar-refractivity contribution in [3.63, 3.8) is 0 Å². The Kier molecular flexibility index (Phi) is 6.33. The maximum absolute atomic E-state index is 13.5. The van der Waals surface area contributed by atoms with Crippen LogP contribution in [0.15, 0.2) is 28.7 Å². The molecule has 2 aliphatic carbocycles. The van der Waals surface area contributed by atoms with Gasteiger partial charge in [-0.05, 0) is 61.1 Å². The second-order valence-corrected chi connectivity index (χ2v) is 10.6. The van der Waals surface area contributed by atoms with Crippen LogP contribution in [0.2, 0.25) is 0 Å². The van der Waals surface area contributed by atoms with Crippen molar-refractivity contribution in [1.29, 1.82) is 0 Å². The molecule has 0 spiro atoms. The number of amides is 2. The standard InChI is InChI=1S/C24H33BrN2O2/c1-15(2)12-22-23(28)26-21(17-6-4-3-5-7-17)14-27(22)24(29)20-13-19(20)16-8-10-18(25)11-9-16/h8-11,15,17,19-22H,3-7,12-14H2,1-2H3,(H,26,28)/t19-,20+,21+,22-/m0/s1. The Morgan fingerprint density at radius 2 is 1.86 bits per heavy atom. The third-order valence-electron chi connectivity index (χ3n) is 7.00. The fourth-order valence-electron chi connectivity index (χ4n) is 5.29. The van der Waals surface area contributed by atoms with Gasteiger partial charge in [0.15, 0.2) is 0 Å². The van der Waals surface area contributed by atoms with Crippen molar-refractivity contribution in [2.45, 2.75) is 76.8 Å². The number of nitrogens with zero attached hydrogens (tertiary/aromatic N) is 1. The van der Waals surface area contributed by atoms with Gasteiger partial charge in [0.05, 0.1) is 0 Å². The van der Waals surface area contributed by atoms with Crippen LogP contribution < -0.4 is 5.32 Å². The molecule has 4 nitrogen and oxygen atoms in total. The highest BCUT2D eigenvalue weighted by molar-refractivity contribution is 9.10. The van der Waals surface area contributed by atoms with Crippen molar-refractivity contribution >= 4 is 27.7 Å². The number of nitrogens with one attached hydrogen (secondary N) is 1. The van der Waals surface area contributed by atoms with E-state index in [9.17, 15) is 9.59 Å². The van der Waals surface area contributed by atoms with Gasteiger partial charge in [0.1, 0.15) is 6.04 Å². The maximum Gasteiger partial charge on any atom is 0.243 e. The lowest BCUT2D eigenvalue weighted by molar-refractivity contribution is -0.147. The van der Waals surface area contributed by atoms with Gasteiger partial charge in [0, 0.05) is 23.0 Å². The van der Waals surface area contributed by atoms with Gasteiger partial charge < -0.3 is 10.2 Å².